The lowest BCUT2D eigenvalue weighted by molar-refractivity contribution is 0.0698. The topological polar surface area (TPSA) is 83.5 Å². The van der Waals surface area contributed by atoms with Crippen LogP contribution in [-0.4, -0.2) is 19.5 Å². The van der Waals surface area contributed by atoms with Crippen molar-refractivity contribution >= 4 is 21.7 Å². The summed E-state index contributed by atoms with van der Waals surface area (Å²) in [4.78, 5) is 11.3. The van der Waals surface area contributed by atoms with Crippen LogP contribution in [0, 0.1) is 0 Å². The number of hydrogen-bond acceptors (Lipinski definition) is 3. The number of unbranched alkanes of at least 4 members (excludes halogenated alkanes) is 2. The zero-order valence-electron chi connectivity index (χ0n) is 13.5. The molecule has 0 saturated carbocycles. The summed E-state index contributed by atoms with van der Waals surface area (Å²) in [5.74, 6) is -1.18. The molecule has 0 aliphatic rings. The summed E-state index contributed by atoms with van der Waals surface area (Å²) in [6, 6.07) is 12.6. The van der Waals surface area contributed by atoms with Crippen molar-refractivity contribution in [3.05, 3.63) is 59.7 Å². The molecule has 2 aromatic rings. The Bertz CT molecular complexity index is 798. The van der Waals surface area contributed by atoms with Gasteiger partial charge in [-0.25, -0.2) is 13.2 Å². The maximum atomic E-state index is 12.4. The van der Waals surface area contributed by atoms with Crippen LogP contribution in [0.4, 0.5) is 5.69 Å². The van der Waals surface area contributed by atoms with E-state index in [1.165, 1.54) is 12.1 Å². The van der Waals surface area contributed by atoms with Gasteiger partial charge in [0.2, 0.25) is 0 Å². The number of aryl methyl sites for hydroxylation is 1. The molecule has 6 heteroatoms. The number of rotatable bonds is 8. The molecule has 0 unspecified atom stereocenters. The number of carboxylic acids is 1. The minimum absolute atomic E-state index is 0.0528. The molecule has 2 rings (SSSR count). The van der Waals surface area contributed by atoms with Gasteiger partial charge in [-0.15, -0.1) is 0 Å². The third-order valence-electron chi connectivity index (χ3n) is 3.70. The molecule has 0 atom stereocenters. The smallest absolute Gasteiger partial charge is 0.337 e. The summed E-state index contributed by atoms with van der Waals surface area (Å²) in [5, 5.41) is 9.14. The number of nitrogens with one attached hydrogen (secondary N) is 1. The first-order chi connectivity index (χ1) is 11.4. The molecule has 0 radical (unpaired) electrons. The second-order valence-electron chi connectivity index (χ2n) is 5.56. The summed E-state index contributed by atoms with van der Waals surface area (Å²) >= 11 is 0. The molecule has 0 fully saturated rings. The lowest BCUT2D eigenvalue weighted by atomic mass is 10.1. The molecule has 0 bridgehead atoms. The molecular weight excluding hydrogens is 326 g/mol. The Balaban J connectivity index is 2.17. The van der Waals surface area contributed by atoms with Crippen LogP contribution in [0.15, 0.2) is 53.4 Å². The van der Waals surface area contributed by atoms with Crippen molar-refractivity contribution in [1.82, 2.24) is 0 Å². The van der Waals surface area contributed by atoms with Crippen LogP contribution in [0.1, 0.15) is 42.1 Å². The molecule has 128 valence electrons. The van der Waals surface area contributed by atoms with E-state index in [1.807, 2.05) is 0 Å². The third kappa shape index (κ3) is 4.58. The predicted molar refractivity (Wildman–Crippen MR) is 93.9 cm³/mol. The van der Waals surface area contributed by atoms with Crippen molar-refractivity contribution in [3.63, 3.8) is 0 Å². The molecule has 0 aliphatic carbocycles. The van der Waals surface area contributed by atoms with Gasteiger partial charge in [0.05, 0.1) is 16.1 Å². The van der Waals surface area contributed by atoms with Gasteiger partial charge in [0, 0.05) is 0 Å². The van der Waals surface area contributed by atoms with Crippen LogP contribution in [0.25, 0.3) is 0 Å². The fourth-order valence-electron chi connectivity index (χ4n) is 2.38. The first kappa shape index (κ1) is 18.0. The van der Waals surface area contributed by atoms with Gasteiger partial charge in [-0.1, -0.05) is 44.0 Å². The highest BCUT2D eigenvalue weighted by atomic mass is 32.2. The Hall–Kier alpha value is -2.34. The monoisotopic (exact) mass is 347 g/mol. The zero-order chi connectivity index (χ0) is 17.6. The lowest BCUT2D eigenvalue weighted by Crippen LogP contribution is -2.15. The number of aromatic carboxylic acids is 1. The normalized spacial score (nSPS) is 11.2. The van der Waals surface area contributed by atoms with E-state index in [2.05, 4.69) is 11.6 Å². The van der Waals surface area contributed by atoms with E-state index < -0.39 is 16.0 Å². The number of para-hydroxylation sites is 1. The predicted octanol–water partition coefficient (Wildman–Crippen LogP) is 3.92. The van der Waals surface area contributed by atoms with Crippen LogP contribution >= 0.6 is 0 Å². The first-order valence-corrected chi connectivity index (χ1v) is 9.36. The van der Waals surface area contributed by atoms with Crippen molar-refractivity contribution in [2.75, 3.05) is 4.72 Å². The average molecular weight is 347 g/mol. The van der Waals surface area contributed by atoms with Crippen LogP contribution in [0.3, 0.4) is 0 Å². The standard InChI is InChI=1S/C18H21NO4S/c1-2-3-4-7-14-10-12-15(13-11-14)24(22,23)19-17-9-6-5-8-16(17)18(20)21/h5-6,8-13,19H,2-4,7H2,1H3,(H,20,21). The van der Waals surface area contributed by atoms with E-state index in [1.54, 1.807) is 36.4 Å². The Morgan fingerprint density at radius 1 is 1.04 bits per heavy atom. The molecule has 0 amide bonds. The van der Waals surface area contributed by atoms with E-state index in [0.29, 0.717) is 0 Å². The Morgan fingerprint density at radius 2 is 1.71 bits per heavy atom. The summed E-state index contributed by atoms with van der Waals surface area (Å²) in [5.41, 5.74) is 1.06. The first-order valence-electron chi connectivity index (χ1n) is 7.88. The summed E-state index contributed by atoms with van der Waals surface area (Å²) < 4.78 is 27.2. The fraction of sp³-hybridized carbons (Fsp3) is 0.278. The van der Waals surface area contributed by atoms with Crippen LogP contribution < -0.4 is 4.72 Å². The van der Waals surface area contributed by atoms with Crippen molar-refractivity contribution in [2.45, 2.75) is 37.5 Å². The third-order valence-corrected chi connectivity index (χ3v) is 5.09. The maximum Gasteiger partial charge on any atom is 0.337 e. The van der Waals surface area contributed by atoms with Gasteiger partial charge in [-0.2, -0.15) is 0 Å². The van der Waals surface area contributed by atoms with Gasteiger partial charge in [0.15, 0.2) is 0 Å². The Morgan fingerprint density at radius 3 is 2.33 bits per heavy atom. The van der Waals surface area contributed by atoms with Crippen molar-refractivity contribution in [2.24, 2.45) is 0 Å². The van der Waals surface area contributed by atoms with Crippen molar-refractivity contribution < 1.29 is 18.3 Å². The maximum absolute atomic E-state index is 12.4. The number of sulfonamides is 1. The quantitative estimate of drug-likeness (QED) is 0.709. The van der Waals surface area contributed by atoms with E-state index in [0.717, 1.165) is 31.2 Å². The van der Waals surface area contributed by atoms with E-state index in [9.17, 15) is 13.2 Å². The van der Waals surface area contributed by atoms with Crippen LogP contribution in [0.2, 0.25) is 0 Å². The number of anilines is 1. The molecule has 2 aromatic carbocycles. The highest BCUT2D eigenvalue weighted by Gasteiger charge is 2.18. The van der Waals surface area contributed by atoms with Crippen LogP contribution in [-0.2, 0) is 16.4 Å². The molecule has 5 nitrogen and oxygen atoms in total. The van der Waals surface area contributed by atoms with Gasteiger partial charge in [0.1, 0.15) is 0 Å². The molecule has 0 heterocycles. The summed E-state index contributed by atoms with van der Waals surface area (Å²) in [6.07, 6.45) is 4.28. The van der Waals surface area contributed by atoms with Gasteiger partial charge < -0.3 is 5.11 Å². The van der Waals surface area contributed by atoms with E-state index in [-0.39, 0.29) is 16.1 Å². The number of hydrogen-bond donors (Lipinski definition) is 2. The van der Waals surface area contributed by atoms with Crippen molar-refractivity contribution in [3.8, 4) is 0 Å². The largest absolute Gasteiger partial charge is 0.478 e. The number of benzene rings is 2. The second kappa shape index (κ2) is 7.97. The summed E-state index contributed by atoms with van der Waals surface area (Å²) in [7, 11) is -3.82. The molecule has 2 N–H and O–H groups in total. The average Bonchev–Trinajstić information content (AvgIpc) is 2.55. The van der Waals surface area contributed by atoms with Gasteiger partial charge in [-0.3, -0.25) is 4.72 Å². The Labute approximate surface area is 142 Å². The highest BCUT2D eigenvalue weighted by molar-refractivity contribution is 7.92. The molecule has 24 heavy (non-hydrogen) atoms. The SMILES string of the molecule is CCCCCc1ccc(S(=O)(=O)Nc2ccccc2C(=O)O)cc1. The minimum atomic E-state index is -3.82. The second-order valence-corrected chi connectivity index (χ2v) is 7.24. The van der Waals surface area contributed by atoms with Gasteiger partial charge in [0.25, 0.3) is 10.0 Å². The minimum Gasteiger partial charge on any atom is -0.478 e. The van der Waals surface area contributed by atoms with Crippen molar-refractivity contribution in [1.29, 1.82) is 0 Å². The van der Waals surface area contributed by atoms with E-state index in [4.69, 9.17) is 5.11 Å². The molecule has 0 spiro atoms. The number of carbonyl (C=O) groups is 1. The fourth-order valence-corrected chi connectivity index (χ4v) is 3.46. The Kier molecular flexibility index (Phi) is 5.98. The van der Waals surface area contributed by atoms with E-state index >= 15 is 0 Å². The molecule has 0 aromatic heterocycles. The van der Waals surface area contributed by atoms with Gasteiger partial charge in [-0.05, 0) is 42.7 Å². The molecular formula is C18H21NO4S. The zero-order valence-corrected chi connectivity index (χ0v) is 14.3. The van der Waals surface area contributed by atoms with Gasteiger partial charge >= 0.3 is 5.97 Å². The summed E-state index contributed by atoms with van der Waals surface area (Å²) in [6.45, 7) is 2.14. The molecule has 0 aliphatic heterocycles. The highest BCUT2D eigenvalue weighted by Crippen LogP contribution is 2.21. The lowest BCUT2D eigenvalue weighted by Gasteiger charge is -2.11. The number of carboxylic acid groups (broad SMARTS) is 1. The molecule has 0 saturated heterocycles. The van der Waals surface area contributed by atoms with Crippen LogP contribution in [0.5, 0.6) is 0 Å².